The van der Waals surface area contributed by atoms with Crippen LogP contribution in [0.4, 0.5) is 0 Å². The fourth-order valence-electron chi connectivity index (χ4n) is 5.87. The third-order valence-corrected chi connectivity index (χ3v) is 10.7. The third kappa shape index (κ3) is 36.4. The molecule has 14 nitrogen and oxygen atoms in total. The van der Waals surface area contributed by atoms with Crippen molar-refractivity contribution >= 4 is 27.6 Å². The van der Waals surface area contributed by atoms with E-state index in [1.165, 1.54) is 19.3 Å². The lowest BCUT2D eigenvalue weighted by atomic mass is 10.1. The number of aliphatic hydroxyl groups is 1. The minimum absolute atomic E-state index is 0.100. The van der Waals surface area contributed by atoms with Gasteiger partial charge < -0.3 is 34.0 Å². The molecule has 5 atom stereocenters. The van der Waals surface area contributed by atoms with Crippen LogP contribution in [0.3, 0.4) is 0 Å². The Labute approximate surface area is 359 Å². The van der Waals surface area contributed by atoms with Crippen molar-refractivity contribution in [2.24, 2.45) is 0 Å². The van der Waals surface area contributed by atoms with Gasteiger partial charge in [-0.15, -0.1) is 0 Å². The van der Waals surface area contributed by atoms with E-state index < -0.39 is 66.2 Å². The normalized spacial score (nSPS) is 18.0. The Morgan fingerprint density at radius 1 is 0.600 bits per heavy atom. The van der Waals surface area contributed by atoms with Crippen molar-refractivity contribution in [3.63, 3.8) is 0 Å². The van der Waals surface area contributed by atoms with Gasteiger partial charge in [0.05, 0.1) is 32.0 Å². The van der Waals surface area contributed by atoms with Crippen molar-refractivity contribution in [1.82, 2.24) is 0 Å². The molecule has 0 spiro atoms. The summed E-state index contributed by atoms with van der Waals surface area (Å²) in [5.41, 5.74) is 0. The van der Waals surface area contributed by atoms with E-state index in [1.807, 2.05) is 0 Å². The fourth-order valence-corrected chi connectivity index (χ4v) is 7.03. The average molecular weight is 891 g/mol. The van der Waals surface area contributed by atoms with Gasteiger partial charge >= 0.3 is 27.6 Å². The van der Waals surface area contributed by atoms with Gasteiger partial charge in [-0.05, 0) is 77.0 Å². The van der Waals surface area contributed by atoms with E-state index in [4.69, 9.17) is 28.5 Å². The molecule has 4 N–H and O–H groups in total. The number of unbranched alkanes of at least 4 members (excludes halogenated alkanes) is 11. The van der Waals surface area contributed by atoms with E-state index in [0.717, 1.165) is 96.3 Å². The maximum absolute atomic E-state index is 12.7. The highest BCUT2D eigenvalue weighted by Gasteiger charge is 2.36. The average Bonchev–Trinajstić information content (AvgIpc) is 3.96. The monoisotopic (exact) mass is 890 g/mol. The summed E-state index contributed by atoms with van der Waals surface area (Å²) in [5, 5.41) is 9.75. The molecule has 0 bridgehead atoms. The summed E-state index contributed by atoms with van der Waals surface area (Å²) in [7, 11) is -9.70. The first-order valence-electron chi connectivity index (χ1n) is 22.1. The van der Waals surface area contributed by atoms with Gasteiger partial charge in [-0.3, -0.25) is 23.2 Å². The molecular weight excluding hydrogens is 814 g/mol. The Morgan fingerprint density at radius 2 is 1.13 bits per heavy atom. The highest BCUT2D eigenvalue weighted by Crippen LogP contribution is 2.44. The van der Waals surface area contributed by atoms with Crippen LogP contribution in [0.15, 0.2) is 60.8 Å². The second-order valence-corrected chi connectivity index (χ2v) is 17.7. The molecule has 0 amide bonds. The Morgan fingerprint density at radius 3 is 1.78 bits per heavy atom. The summed E-state index contributed by atoms with van der Waals surface area (Å²) in [6, 6.07) is 0. The van der Waals surface area contributed by atoms with Crippen molar-refractivity contribution in [2.45, 2.75) is 180 Å². The number of aliphatic hydroxyl groups excluding tert-OH is 1. The lowest BCUT2D eigenvalue weighted by molar-refractivity contribution is -0.161. The lowest BCUT2D eigenvalue weighted by Gasteiger charge is -2.20. The molecular formula is C44H76O14P2. The van der Waals surface area contributed by atoms with Crippen LogP contribution in [-0.4, -0.2) is 82.6 Å². The molecule has 0 saturated carbocycles. The van der Waals surface area contributed by atoms with Crippen LogP contribution in [0.25, 0.3) is 0 Å². The molecule has 3 unspecified atom stereocenters. The number of carbonyl (C=O) groups excluding carboxylic acids is 2. The van der Waals surface area contributed by atoms with Gasteiger partial charge in [-0.1, -0.05) is 126 Å². The van der Waals surface area contributed by atoms with Crippen LogP contribution >= 0.6 is 15.6 Å². The molecule has 346 valence electrons. The maximum Gasteiger partial charge on any atom is 0.472 e. The van der Waals surface area contributed by atoms with Gasteiger partial charge in [0.2, 0.25) is 0 Å². The van der Waals surface area contributed by atoms with Crippen molar-refractivity contribution < 1.29 is 66.3 Å². The molecule has 0 aromatic rings. The number of hydrogen-bond donors (Lipinski definition) is 4. The van der Waals surface area contributed by atoms with Crippen LogP contribution in [-0.2, 0) is 46.5 Å². The van der Waals surface area contributed by atoms with Crippen LogP contribution in [0.5, 0.6) is 0 Å². The Hall–Kier alpha value is -2.22. The van der Waals surface area contributed by atoms with Crippen LogP contribution < -0.4 is 0 Å². The minimum atomic E-state index is -4.87. The molecule has 1 saturated heterocycles. The zero-order chi connectivity index (χ0) is 44.2. The number of ether oxygens (including phenoxy) is 3. The molecule has 0 aromatic carbocycles. The highest BCUT2D eigenvalue weighted by atomic mass is 31.2. The van der Waals surface area contributed by atoms with Gasteiger partial charge in [0.15, 0.2) is 6.10 Å². The number of hydrogen-bond acceptors (Lipinski definition) is 11. The first-order chi connectivity index (χ1) is 28.8. The largest absolute Gasteiger partial charge is 0.472 e. The Bertz CT molecular complexity index is 1360. The van der Waals surface area contributed by atoms with Gasteiger partial charge in [0.25, 0.3) is 0 Å². The van der Waals surface area contributed by atoms with Gasteiger partial charge in [0.1, 0.15) is 12.7 Å². The van der Waals surface area contributed by atoms with Gasteiger partial charge in [-0.25, -0.2) is 9.13 Å². The predicted octanol–water partition coefficient (Wildman–Crippen LogP) is 10.2. The molecule has 0 aliphatic carbocycles. The fraction of sp³-hybridized carbons (Fsp3) is 0.727. The summed E-state index contributed by atoms with van der Waals surface area (Å²) < 4.78 is 53.6. The third-order valence-electron chi connectivity index (χ3n) is 9.30. The second-order valence-electron chi connectivity index (χ2n) is 15.0. The molecule has 60 heavy (non-hydrogen) atoms. The standard InChI is InChI=1S/C44H76O14P2/c1-3-5-7-9-11-12-13-14-15-16-17-18-19-20-21-25-29-33-43(46)53-37-40(38-56-60(51,52)55-36-39(45)35-54-59(48,49)50)57-44(47)34-30-26-22-24-28-32-42-41(58-42)31-27-23-10-8-6-4-2/h5,7,11-12,14-15,17-18,23,27,39-42,45H,3-4,6,8-10,13,16,19-22,24-26,28-38H2,1-2H3,(H,51,52)(H2,48,49,50)/b7-5-,12-11-,15-14-,18-17-,27-23-/t39-,40+,41?,42?/m0/s1. The summed E-state index contributed by atoms with van der Waals surface area (Å²) in [6.45, 7) is 1.56. The maximum atomic E-state index is 12.7. The molecule has 1 heterocycles. The SMILES string of the molecule is CC/C=C\C/C=C\C/C=C\C/C=C\CCCCCCC(=O)OC[C@H](COP(=O)(O)OC[C@@H](O)COP(=O)(O)O)OC(=O)CCCCCCCC1OC1C/C=C\CCCCC. The quantitative estimate of drug-likeness (QED) is 0.0148. The zero-order valence-corrected chi connectivity index (χ0v) is 38.0. The highest BCUT2D eigenvalue weighted by molar-refractivity contribution is 7.47. The predicted molar refractivity (Wildman–Crippen MR) is 234 cm³/mol. The topological polar surface area (TPSA) is 208 Å². The van der Waals surface area contributed by atoms with Crippen molar-refractivity contribution in [3.8, 4) is 0 Å². The van der Waals surface area contributed by atoms with E-state index in [0.29, 0.717) is 25.0 Å². The summed E-state index contributed by atoms with van der Waals surface area (Å²) >= 11 is 0. The van der Waals surface area contributed by atoms with Crippen molar-refractivity contribution in [3.05, 3.63) is 60.8 Å². The van der Waals surface area contributed by atoms with E-state index >= 15 is 0 Å². The van der Waals surface area contributed by atoms with E-state index in [2.05, 4.69) is 83.7 Å². The zero-order valence-electron chi connectivity index (χ0n) is 36.2. The number of rotatable bonds is 40. The molecule has 1 aliphatic rings. The number of phosphoric acid groups is 2. The number of carbonyl (C=O) groups is 2. The smallest absolute Gasteiger partial charge is 0.462 e. The van der Waals surface area contributed by atoms with Crippen LogP contribution in [0, 0.1) is 0 Å². The minimum Gasteiger partial charge on any atom is -0.462 e. The lowest BCUT2D eigenvalue weighted by Crippen LogP contribution is -2.30. The number of allylic oxidation sites excluding steroid dienone is 9. The van der Waals surface area contributed by atoms with Gasteiger partial charge in [0, 0.05) is 12.8 Å². The molecule has 1 rings (SSSR count). The summed E-state index contributed by atoms with van der Waals surface area (Å²) in [5.74, 6) is -1.09. The summed E-state index contributed by atoms with van der Waals surface area (Å²) in [4.78, 5) is 52.8. The Balaban J connectivity index is 2.38. The number of esters is 2. The molecule has 0 aromatic heterocycles. The second kappa shape index (κ2) is 36.3. The molecule has 1 aliphatic heterocycles. The van der Waals surface area contributed by atoms with E-state index in [9.17, 15) is 28.7 Å². The number of epoxide rings is 1. The van der Waals surface area contributed by atoms with Crippen LogP contribution in [0.1, 0.15) is 155 Å². The molecule has 1 fully saturated rings. The molecule has 16 heteroatoms. The van der Waals surface area contributed by atoms with Crippen molar-refractivity contribution in [2.75, 3.05) is 26.4 Å². The van der Waals surface area contributed by atoms with E-state index in [-0.39, 0.29) is 12.8 Å². The summed E-state index contributed by atoms with van der Waals surface area (Å²) in [6.07, 6.45) is 39.4. The van der Waals surface area contributed by atoms with Crippen LogP contribution in [0.2, 0.25) is 0 Å². The first-order valence-corrected chi connectivity index (χ1v) is 25.1. The van der Waals surface area contributed by atoms with Crippen molar-refractivity contribution in [1.29, 1.82) is 0 Å². The van der Waals surface area contributed by atoms with Gasteiger partial charge in [-0.2, -0.15) is 0 Å². The Kier molecular flexibility index (Phi) is 33.7. The first kappa shape index (κ1) is 55.8. The molecule has 0 radical (unpaired) electrons. The van der Waals surface area contributed by atoms with E-state index in [1.54, 1.807) is 0 Å². The number of phosphoric ester groups is 2.